The second kappa shape index (κ2) is 7.14. The van der Waals surface area contributed by atoms with Gasteiger partial charge in [0.1, 0.15) is 6.33 Å². The van der Waals surface area contributed by atoms with Crippen LogP contribution in [0.4, 0.5) is 5.69 Å². The van der Waals surface area contributed by atoms with Crippen molar-refractivity contribution in [1.82, 2.24) is 14.8 Å². The highest BCUT2D eigenvalue weighted by atomic mass is 32.2. The number of hydrogen-bond acceptors (Lipinski definition) is 5. The average Bonchev–Trinajstić information content (AvgIpc) is 3.03. The highest BCUT2D eigenvalue weighted by Gasteiger charge is 2.17. The van der Waals surface area contributed by atoms with Crippen LogP contribution in [0.2, 0.25) is 0 Å². The number of rotatable bonds is 6. The molecule has 2 N–H and O–H groups in total. The maximum atomic E-state index is 12.7. The zero-order valence-corrected chi connectivity index (χ0v) is 15.1. The summed E-state index contributed by atoms with van der Waals surface area (Å²) in [6.45, 7) is 2.05. The number of aromatic nitrogens is 3. The number of nitrogens with zero attached hydrogens (tertiary/aromatic N) is 2. The Balaban J connectivity index is 1.97. The van der Waals surface area contributed by atoms with Gasteiger partial charge in [-0.25, -0.2) is 22.9 Å². The smallest absolute Gasteiger partial charge is 0.347 e. The third kappa shape index (κ3) is 3.53. The van der Waals surface area contributed by atoms with Crippen LogP contribution in [0.3, 0.4) is 0 Å². The maximum absolute atomic E-state index is 12.7. The molecule has 26 heavy (non-hydrogen) atoms. The van der Waals surface area contributed by atoms with Crippen LogP contribution < -0.4 is 10.4 Å². The fourth-order valence-corrected chi connectivity index (χ4v) is 3.78. The summed E-state index contributed by atoms with van der Waals surface area (Å²) in [6.07, 6.45) is 1.34. The first-order chi connectivity index (χ1) is 12.4. The van der Waals surface area contributed by atoms with E-state index in [0.717, 1.165) is 5.56 Å². The molecular formula is C17H18N4O4S. The summed E-state index contributed by atoms with van der Waals surface area (Å²) >= 11 is 0. The van der Waals surface area contributed by atoms with Crippen LogP contribution in [-0.4, -0.2) is 30.3 Å². The molecule has 0 aliphatic heterocycles. The molecule has 9 heteroatoms. The quantitative estimate of drug-likeness (QED) is 0.684. The van der Waals surface area contributed by atoms with Gasteiger partial charge in [0.2, 0.25) is 0 Å². The molecule has 2 aromatic carbocycles. The summed E-state index contributed by atoms with van der Waals surface area (Å²) < 4.78 is 34.4. The minimum Gasteiger partial charge on any atom is -0.380 e. The summed E-state index contributed by atoms with van der Waals surface area (Å²) in [5.74, 6) is 0. The van der Waals surface area contributed by atoms with Crippen LogP contribution in [0.15, 0.2) is 58.5 Å². The largest absolute Gasteiger partial charge is 0.380 e. The van der Waals surface area contributed by atoms with Crippen molar-refractivity contribution in [1.29, 1.82) is 0 Å². The summed E-state index contributed by atoms with van der Waals surface area (Å²) in [4.78, 5) is 11.9. The first kappa shape index (κ1) is 17.9. The molecule has 1 aromatic heterocycles. The predicted octanol–water partition coefficient (Wildman–Crippen LogP) is 1.82. The fraction of sp³-hybridized carbons (Fsp3) is 0.176. The number of benzene rings is 2. The molecule has 3 aromatic rings. The van der Waals surface area contributed by atoms with Crippen molar-refractivity contribution in [3.05, 3.63) is 70.4 Å². The van der Waals surface area contributed by atoms with Gasteiger partial charge in [-0.3, -0.25) is 4.72 Å². The topological polar surface area (TPSA) is 106 Å². The van der Waals surface area contributed by atoms with Crippen molar-refractivity contribution in [2.45, 2.75) is 18.4 Å². The van der Waals surface area contributed by atoms with Gasteiger partial charge in [-0.2, -0.15) is 5.10 Å². The van der Waals surface area contributed by atoms with Crippen molar-refractivity contribution in [2.75, 3.05) is 11.8 Å². The SMILES string of the molecule is COCc1cccc(S(=O)(=O)Nc2cccc(-n3cn[nH]c3=O)c2C)c1. The van der Waals surface area contributed by atoms with E-state index in [1.54, 1.807) is 50.4 Å². The molecule has 0 bridgehead atoms. The summed E-state index contributed by atoms with van der Waals surface area (Å²) in [5.41, 5.74) is 1.88. The van der Waals surface area contributed by atoms with Gasteiger partial charge in [0.05, 0.1) is 22.9 Å². The first-order valence-electron chi connectivity index (χ1n) is 7.75. The van der Waals surface area contributed by atoms with E-state index in [-0.39, 0.29) is 4.90 Å². The third-order valence-electron chi connectivity index (χ3n) is 3.88. The van der Waals surface area contributed by atoms with E-state index in [2.05, 4.69) is 14.9 Å². The van der Waals surface area contributed by atoms with Crippen LogP contribution in [0.1, 0.15) is 11.1 Å². The van der Waals surface area contributed by atoms with Gasteiger partial charge >= 0.3 is 5.69 Å². The number of anilines is 1. The number of ether oxygens (including phenoxy) is 1. The number of aromatic amines is 1. The van der Waals surface area contributed by atoms with E-state index in [1.807, 2.05) is 0 Å². The van der Waals surface area contributed by atoms with Gasteiger partial charge in [0.25, 0.3) is 10.0 Å². The van der Waals surface area contributed by atoms with Crippen LogP contribution in [0.5, 0.6) is 0 Å². The number of sulfonamides is 1. The maximum Gasteiger partial charge on any atom is 0.347 e. The van der Waals surface area contributed by atoms with Crippen molar-refractivity contribution in [2.24, 2.45) is 0 Å². The predicted molar refractivity (Wildman–Crippen MR) is 96.9 cm³/mol. The van der Waals surface area contributed by atoms with Gasteiger partial charge in [-0.15, -0.1) is 0 Å². The normalized spacial score (nSPS) is 11.5. The highest BCUT2D eigenvalue weighted by Crippen LogP contribution is 2.24. The lowest BCUT2D eigenvalue weighted by Crippen LogP contribution is -2.17. The molecule has 0 atom stereocenters. The third-order valence-corrected chi connectivity index (χ3v) is 5.24. The Morgan fingerprint density at radius 1 is 1.23 bits per heavy atom. The van der Waals surface area contributed by atoms with Crippen molar-refractivity contribution < 1.29 is 13.2 Å². The Labute approximate surface area is 150 Å². The Hall–Kier alpha value is -2.91. The molecule has 0 saturated heterocycles. The Morgan fingerprint density at radius 3 is 2.69 bits per heavy atom. The Bertz CT molecular complexity index is 1090. The zero-order chi connectivity index (χ0) is 18.7. The van der Waals surface area contributed by atoms with Gasteiger partial charge in [0.15, 0.2) is 0 Å². The average molecular weight is 374 g/mol. The molecule has 0 aliphatic rings. The lowest BCUT2D eigenvalue weighted by atomic mass is 10.1. The molecule has 0 radical (unpaired) electrons. The molecular weight excluding hydrogens is 356 g/mol. The molecule has 0 amide bonds. The summed E-state index contributed by atoms with van der Waals surface area (Å²) in [5, 5.41) is 6.01. The van der Waals surface area contributed by atoms with Gasteiger partial charge < -0.3 is 4.74 Å². The van der Waals surface area contributed by atoms with E-state index < -0.39 is 15.7 Å². The van der Waals surface area contributed by atoms with E-state index in [0.29, 0.717) is 23.5 Å². The van der Waals surface area contributed by atoms with Gasteiger partial charge in [-0.1, -0.05) is 18.2 Å². The van der Waals surface area contributed by atoms with E-state index in [9.17, 15) is 13.2 Å². The van der Waals surface area contributed by atoms with Crippen LogP contribution in [0, 0.1) is 6.92 Å². The Morgan fingerprint density at radius 2 is 2.00 bits per heavy atom. The van der Waals surface area contributed by atoms with Crippen molar-refractivity contribution >= 4 is 15.7 Å². The van der Waals surface area contributed by atoms with Gasteiger partial charge in [0, 0.05) is 7.11 Å². The molecule has 0 saturated carbocycles. The minimum atomic E-state index is -3.79. The lowest BCUT2D eigenvalue weighted by Gasteiger charge is -2.14. The van der Waals surface area contributed by atoms with Crippen LogP contribution in [-0.2, 0) is 21.4 Å². The number of methoxy groups -OCH3 is 1. The number of nitrogens with one attached hydrogen (secondary N) is 2. The Kier molecular flexibility index (Phi) is 4.92. The molecule has 0 spiro atoms. The monoisotopic (exact) mass is 374 g/mol. The fourth-order valence-electron chi connectivity index (χ4n) is 2.59. The van der Waals surface area contributed by atoms with Crippen LogP contribution in [0.25, 0.3) is 5.69 Å². The standard InChI is InChI=1S/C17H18N4O4S/c1-12-15(7-4-8-16(12)21-11-18-19-17(21)22)20-26(23,24)14-6-3-5-13(9-14)10-25-2/h3-9,11,20H,10H2,1-2H3,(H,19,22). The molecule has 3 rings (SSSR count). The number of hydrogen-bond donors (Lipinski definition) is 2. The second-order valence-electron chi connectivity index (χ2n) is 5.67. The zero-order valence-electron chi connectivity index (χ0n) is 14.3. The van der Waals surface area contributed by atoms with Gasteiger partial charge in [-0.05, 0) is 42.3 Å². The highest BCUT2D eigenvalue weighted by molar-refractivity contribution is 7.92. The van der Waals surface area contributed by atoms with E-state index in [1.165, 1.54) is 17.0 Å². The second-order valence-corrected chi connectivity index (χ2v) is 7.35. The molecule has 1 heterocycles. The van der Waals surface area contributed by atoms with Crippen molar-refractivity contribution in [3.8, 4) is 5.69 Å². The van der Waals surface area contributed by atoms with Crippen molar-refractivity contribution in [3.63, 3.8) is 0 Å². The number of H-pyrrole nitrogens is 1. The van der Waals surface area contributed by atoms with E-state index >= 15 is 0 Å². The first-order valence-corrected chi connectivity index (χ1v) is 9.23. The van der Waals surface area contributed by atoms with E-state index in [4.69, 9.17) is 4.74 Å². The lowest BCUT2D eigenvalue weighted by molar-refractivity contribution is 0.184. The summed E-state index contributed by atoms with van der Waals surface area (Å²) in [7, 11) is -2.24. The molecule has 0 unspecified atom stereocenters. The summed E-state index contributed by atoms with van der Waals surface area (Å²) in [6, 6.07) is 11.6. The molecule has 8 nitrogen and oxygen atoms in total. The van der Waals surface area contributed by atoms with Crippen LogP contribution >= 0.6 is 0 Å². The molecule has 136 valence electrons. The molecule has 0 fully saturated rings. The molecule has 0 aliphatic carbocycles. The minimum absolute atomic E-state index is 0.136.